The standard InChI is InChI=1S/C15H16FNO4/c16-13-7-10(2-4-14(19)20)1-3-12(13)15(21)17-6-5-11(8-17)9-18/h1-4,7,11,18H,5-6,8-9H2,(H,19,20)/b4-2+. The number of likely N-dealkylation sites (tertiary alicyclic amines) is 1. The van der Waals surface area contributed by atoms with Gasteiger partial charge in [-0.05, 0) is 30.2 Å². The molecule has 6 heteroatoms. The molecule has 112 valence electrons. The van der Waals surface area contributed by atoms with Gasteiger partial charge in [-0.15, -0.1) is 0 Å². The van der Waals surface area contributed by atoms with E-state index in [0.29, 0.717) is 25.1 Å². The molecule has 1 fully saturated rings. The van der Waals surface area contributed by atoms with Crippen molar-refractivity contribution >= 4 is 18.0 Å². The molecule has 1 atom stereocenters. The molecule has 1 aliphatic heterocycles. The van der Waals surface area contributed by atoms with Crippen LogP contribution in [0.5, 0.6) is 0 Å². The summed E-state index contributed by atoms with van der Waals surface area (Å²) in [6.45, 7) is 0.949. The maximum Gasteiger partial charge on any atom is 0.328 e. The number of hydrogen-bond acceptors (Lipinski definition) is 3. The first-order chi connectivity index (χ1) is 10.0. The molecule has 0 aromatic heterocycles. The molecule has 2 N–H and O–H groups in total. The largest absolute Gasteiger partial charge is 0.478 e. The number of carbonyl (C=O) groups excluding carboxylic acids is 1. The number of carbonyl (C=O) groups is 2. The molecule has 0 bridgehead atoms. The Hall–Kier alpha value is -2.21. The van der Waals surface area contributed by atoms with Gasteiger partial charge in [-0.25, -0.2) is 9.18 Å². The normalized spacial score (nSPS) is 18.4. The predicted octanol–water partition coefficient (Wildman–Crippen LogP) is 1.38. The Bertz CT molecular complexity index is 585. The number of aliphatic hydroxyl groups excluding tert-OH is 1. The molecule has 1 unspecified atom stereocenters. The van der Waals surface area contributed by atoms with Gasteiger partial charge in [-0.2, -0.15) is 0 Å². The van der Waals surface area contributed by atoms with Crippen molar-refractivity contribution in [2.45, 2.75) is 6.42 Å². The van der Waals surface area contributed by atoms with Gasteiger partial charge in [0.1, 0.15) is 5.82 Å². The van der Waals surface area contributed by atoms with Crippen molar-refractivity contribution in [3.05, 3.63) is 41.2 Å². The van der Waals surface area contributed by atoms with E-state index in [2.05, 4.69) is 0 Å². The van der Waals surface area contributed by atoms with E-state index in [-0.39, 0.29) is 18.1 Å². The number of halogens is 1. The number of rotatable bonds is 4. The Morgan fingerprint density at radius 1 is 1.43 bits per heavy atom. The molecule has 0 aliphatic carbocycles. The van der Waals surface area contributed by atoms with E-state index < -0.39 is 17.7 Å². The van der Waals surface area contributed by atoms with Crippen LogP contribution in [0.25, 0.3) is 6.08 Å². The number of carboxylic acids is 1. The van der Waals surface area contributed by atoms with E-state index in [1.807, 2.05) is 0 Å². The van der Waals surface area contributed by atoms with Crippen LogP contribution in [-0.2, 0) is 4.79 Å². The highest BCUT2D eigenvalue weighted by atomic mass is 19.1. The predicted molar refractivity (Wildman–Crippen MR) is 74.2 cm³/mol. The number of amides is 1. The highest BCUT2D eigenvalue weighted by molar-refractivity contribution is 5.95. The number of nitrogens with zero attached hydrogens (tertiary/aromatic N) is 1. The molecule has 1 heterocycles. The molecular formula is C15H16FNO4. The lowest BCUT2D eigenvalue weighted by Crippen LogP contribution is -2.29. The van der Waals surface area contributed by atoms with Crippen LogP contribution >= 0.6 is 0 Å². The lowest BCUT2D eigenvalue weighted by atomic mass is 10.1. The summed E-state index contributed by atoms with van der Waals surface area (Å²) in [5.74, 6) is -2.16. The third-order valence-corrected chi connectivity index (χ3v) is 3.47. The highest BCUT2D eigenvalue weighted by Crippen LogP contribution is 2.20. The smallest absolute Gasteiger partial charge is 0.328 e. The van der Waals surface area contributed by atoms with Gasteiger partial charge in [0.05, 0.1) is 5.56 Å². The molecule has 1 amide bonds. The Morgan fingerprint density at radius 3 is 2.76 bits per heavy atom. The molecule has 1 aromatic carbocycles. The minimum atomic E-state index is -1.12. The minimum Gasteiger partial charge on any atom is -0.478 e. The van der Waals surface area contributed by atoms with Gasteiger partial charge in [0.25, 0.3) is 5.91 Å². The van der Waals surface area contributed by atoms with Crippen LogP contribution in [0.3, 0.4) is 0 Å². The third kappa shape index (κ3) is 3.66. The summed E-state index contributed by atoms with van der Waals surface area (Å²) in [4.78, 5) is 24.1. The Morgan fingerprint density at radius 2 is 2.19 bits per heavy atom. The first kappa shape index (κ1) is 15.2. The van der Waals surface area contributed by atoms with E-state index in [4.69, 9.17) is 10.2 Å². The fraction of sp³-hybridized carbons (Fsp3) is 0.333. The average molecular weight is 293 g/mol. The minimum absolute atomic E-state index is 0.0190. The second-order valence-corrected chi connectivity index (χ2v) is 5.00. The lowest BCUT2D eigenvalue weighted by molar-refractivity contribution is -0.131. The van der Waals surface area contributed by atoms with Crippen LogP contribution in [0.4, 0.5) is 4.39 Å². The second-order valence-electron chi connectivity index (χ2n) is 5.00. The monoisotopic (exact) mass is 293 g/mol. The molecule has 2 rings (SSSR count). The molecule has 21 heavy (non-hydrogen) atoms. The van der Waals surface area contributed by atoms with Crippen molar-refractivity contribution in [1.29, 1.82) is 0 Å². The van der Waals surface area contributed by atoms with Crippen LogP contribution in [0.1, 0.15) is 22.3 Å². The summed E-state index contributed by atoms with van der Waals surface area (Å²) in [6, 6.07) is 3.98. The summed E-state index contributed by atoms with van der Waals surface area (Å²) in [5, 5.41) is 17.6. The number of benzene rings is 1. The Labute approximate surface area is 121 Å². The second kappa shape index (κ2) is 6.49. The zero-order chi connectivity index (χ0) is 15.4. The van der Waals surface area contributed by atoms with Crippen molar-refractivity contribution in [2.75, 3.05) is 19.7 Å². The van der Waals surface area contributed by atoms with Gasteiger partial charge < -0.3 is 15.1 Å². The Balaban J connectivity index is 2.13. The van der Waals surface area contributed by atoms with Crippen LogP contribution < -0.4 is 0 Å². The van der Waals surface area contributed by atoms with Crippen LogP contribution in [-0.4, -0.2) is 46.7 Å². The molecule has 0 spiro atoms. The quantitative estimate of drug-likeness (QED) is 0.822. The van der Waals surface area contributed by atoms with Crippen molar-refractivity contribution in [3.63, 3.8) is 0 Å². The number of hydrogen-bond donors (Lipinski definition) is 2. The molecule has 1 saturated heterocycles. The van der Waals surface area contributed by atoms with Crippen LogP contribution in [0.2, 0.25) is 0 Å². The molecule has 1 aromatic rings. The van der Waals surface area contributed by atoms with Crippen molar-refractivity contribution < 1.29 is 24.2 Å². The molecule has 0 radical (unpaired) electrons. The van der Waals surface area contributed by atoms with Gasteiger partial charge in [0.2, 0.25) is 0 Å². The van der Waals surface area contributed by atoms with Crippen molar-refractivity contribution in [1.82, 2.24) is 4.90 Å². The molecular weight excluding hydrogens is 277 g/mol. The van der Waals surface area contributed by atoms with Gasteiger partial charge in [0, 0.05) is 31.7 Å². The molecule has 0 saturated carbocycles. The summed E-state index contributed by atoms with van der Waals surface area (Å²) < 4.78 is 14.0. The van der Waals surface area contributed by atoms with Crippen molar-refractivity contribution in [3.8, 4) is 0 Å². The van der Waals surface area contributed by atoms with Gasteiger partial charge in [-0.1, -0.05) is 6.07 Å². The number of carboxylic acid groups (broad SMARTS) is 1. The third-order valence-electron chi connectivity index (χ3n) is 3.47. The first-order valence-electron chi connectivity index (χ1n) is 6.62. The number of aliphatic carboxylic acids is 1. The van der Waals surface area contributed by atoms with Crippen molar-refractivity contribution in [2.24, 2.45) is 5.92 Å². The SMILES string of the molecule is O=C(O)/C=C/c1ccc(C(=O)N2CCC(CO)C2)c(F)c1. The van der Waals surface area contributed by atoms with E-state index in [0.717, 1.165) is 12.1 Å². The lowest BCUT2D eigenvalue weighted by Gasteiger charge is -2.16. The highest BCUT2D eigenvalue weighted by Gasteiger charge is 2.27. The van der Waals surface area contributed by atoms with Crippen LogP contribution in [0.15, 0.2) is 24.3 Å². The maximum absolute atomic E-state index is 14.0. The van der Waals surface area contributed by atoms with Gasteiger partial charge in [0.15, 0.2) is 0 Å². The Kier molecular flexibility index (Phi) is 4.70. The molecule has 1 aliphatic rings. The van der Waals surface area contributed by atoms with E-state index in [1.54, 1.807) is 0 Å². The van der Waals surface area contributed by atoms with E-state index >= 15 is 0 Å². The topological polar surface area (TPSA) is 77.8 Å². The van der Waals surface area contributed by atoms with Gasteiger partial charge >= 0.3 is 5.97 Å². The summed E-state index contributed by atoms with van der Waals surface area (Å²) in [5.41, 5.74) is 0.335. The van der Waals surface area contributed by atoms with E-state index in [9.17, 15) is 14.0 Å². The maximum atomic E-state index is 14.0. The zero-order valence-corrected chi connectivity index (χ0v) is 11.3. The summed E-state index contributed by atoms with van der Waals surface area (Å²) in [6.07, 6.45) is 2.88. The summed E-state index contributed by atoms with van der Waals surface area (Å²) in [7, 11) is 0. The van der Waals surface area contributed by atoms with E-state index in [1.165, 1.54) is 23.1 Å². The van der Waals surface area contributed by atoms with Crippen LogP contribution in [0, 0.1) is 11.7 Å². The molecule has 5 nitrogen and oxygen atoms in total. The fourth-order valence-electron chi connectivity index (χ4n) is 2.31. The first-order valence-corrected chi connectivity index (χ1v) is 6.62. The number of aliphatic hydroxyl groups is 1. The summed E-state index contributed by atoms with van der Waals surface area (Å²) >= 11 is 0. The average Bonchev–Trinajstić information content (AvgIpc) is 2.93. The zero-order valence-electron chi connectivity index (χ0n) is 11.3. The van der Waals surface area contributed by atoms with Gasteiger partial charge in [-0.3, -0.25) is 4.79 Å². The fourth-order valence-corrected chi connectivity index (χ4v) is 2.31.